The Morgan fingerprint density at radius 3 is 2.26 bits per heavy atom. The molecule has 1 saturated heterocycles. The SMILES string of the molecule is CCOc1ccc(OCCNC(=O)CN2CCCN(C(=O)CCc3ccc(OC)cc3)CC2)cc1. The summed E-state index contributed by atoms with van der Waals surface area (Å²) in [5.74, 6) is 2.50. The molecule has 8 heteroatoms. The van der Waals surface area contributed by atoms with Crippen LogP contribution < -0.4 is 19.5 Å². The summed E-state index contributed by atoms with van der Waals surface area (Å²) in [5, 5.41) is 2.91. The molecule has 1 heterocycles. The Hall–Kier alpha value is -3.26. The lowest BCUT2D eigenvalue weighted by atomic mass is 10.1. The largest absolute Gasteiger partial charge is 0.497 e. The fraction of sp³-hybridized carbons (Fsp3) is 0.481. The number of hydrogen-bond donors (Lipinski definition) is 1. The molecule has 0 radical (unpaired) electrons. The van der Waals surface area contributed by atoms with Gasteiger partial charge >= 0.3 is 0 Å². The number of carbonyl (C=O) groups is 2. The second kappa shape index (κ2) is 14.2. The molecule has 1 aliphatic heterocycles. The van der Waals surface area contributed by atoms with Crippen molar-refractivity contribution in [1.82, 2.24) is 15.1 Å². The van der Waals surface area contributed by atoms with Crippen molar-refractivity contribution >= 4 is 11.8 Å². The van der Waals surface area contributed by atoms with Gasteiger partial charge < -0.3 is 24.4 Å². The summed E-state index contributed by atoms with van der Waals surface area (Å²) >= 11 is 0. The number of nitrogens with zero attached hydrogens (tertiary/aromatic N) is 2. The zero-order valence-corrected chi connectivity index (χ0v) is 20.8. The highest BCUT2D eigenvalue weighted by molar-refractivity contribution is 5.78. The highest BCUT2D eigenvalue weighted by Gasteiger charge is 2.20. The molecular formula is C27H37N3O5. The Bertz CT molecular complexity index is 917. The first kappa shape index (κ1) is 26.3. The number of amides is 2. The van der Waals surface area contributed by atoms with Gasteiger partial charge in [-0.2, -0.15) is 0 Å². The van der Waals surface area contributed by atoms with Gasteiger partial charge in [0.05, 0.1) is 26.8 Å². The van der Waals surface area contributed by atoms with E-state index in [0.717, 1.165) is 42.3 Å². The van der Waals surface area contributed by atoms with Crippen molar-refractivity contribution in [3.05, 3.63) is 54.1 Å². The number of nitrogens with one attached hydrogen (secondary N) is 1. The van der Waals surface area contributed by atoms with Crippen molar-refractivity contribution in [2.75, 3.05) is 59.6 Å². The van der Waals surface area contributed by atoms with Gasteiger partial charge in [0.15, 0.2) is 0 Å². The highest BCUT2D eigenvalue weighted by atomic mass is 16.5. The lowest BCUT2D eigenvalue weighted by molar-refractivity contribution is -0.131. The van der Waals surface area contributed by atoms with Gasteiger partial charge in [0.25, 0.3) is 0 Å². The molecule has 0 unspecified atom stereocenters. The van der Waals surface area contributed by atoms with E-state index in [1.54, 1.807) is 7.11 Å². The van der Waals surface area contributed by atoms with Crippen molar-refractivity contribution in [3.8, 4) is 17.2 Å². The van der Waals surface area contributed by atoms with Crippen LogP contribution in [0.1, 0.15) is 25.3 Å². The number of benzene rings is 2. The van der Waals surface area contributed by atoms with Gasteiger partial charge in [-0.1, -0.05) is 12.1 Å². The standard InChI is InChI=1S/C27H37N3O5/c1-3-34-24-10-12-25(13-11-24)35-20-15-28-26(31)21-29-16-4-17-30(19-18-29)27(32)14-7-22-5-8-23(33-2)9-6-22/h5-6,8-13H,3-4,7,14-21H2,1-2H3,(H,28,31). The molecule has 0 saturated carbocycles. The van der Waals surface area contributed by atoms with Crippen LogP contribution >= 0.6 is 0 Å². The third-order valence-corrected chi connectivity index (χ3v) is 5.92. The first-order valence-corrected chi connectivity index (χ1v) is 12.3. The van der Waals surface area contributed by atoms with E-state index in [4.69, 9.17) is 14.2 Å². The van der Waals surface area contributed by atoms with Crippen LogP contribution in [0.15, 0.2) is 48.5 Å². The summed E-state index contributed by atoms with van der Waals surface area (Å²) in [6, 6.07) is 15.3. The first-order chi connectivity index (χ1) is 17.1. The van der Waals surface area contributed by atoms with Gasteiger partial charge in [0.2, 0.25) is 11.8 Å². The number of carbonyl (C=O) groups excluding carboxylic acids is 2. The Balaban J connectivity index is 1.31. The maximum Gasteiger partial charge on any atom is 0.234 e. The van der Waals surface area contributed by atoms with Crippen LogP contribution in [-0.2, 0) is 16.0 Å². The quantitative estimate of drug-likeness (QED) is 0.468. The number of hydrogen-bond acceptors (Lipinski definition) is 6. The van der Waals surface area contributed by atoms with Crippen LogP contribution in [0.4, 0.5) is 0 Å². The average Bonchev–Trinajstić information content (AvgIpc) is 3.12. The lowest BCUT2D eigenvalue weighted by Gasteiger charge is -2.22. The topological polar surface area (TPSA) is 80.3 Å². The molecule has 2 amide bonds. The third-order valence-electron chi connectivity index (χ3n) is 5.92. The number of rotatable bonds is 12. The molecule has 0 spiro atoms. The number of aryl methyl sites for hydroxylation is 1. The predicted octanol–water partition coefficient (Wildman–Crippen LogP) is 2.76. The molecule has 0 bridgehead atoms. The smallest absolute Gasteiger partial charge is 0.234 e. The minimum absolute atomic E-state index is 0.0282. The molecule has 3 rings (SSSR count). The van der Waals surface area contributed by atoms with Gasteiger partial charge in [-0.15, -0.1) is 0 Å². The van der Waals surface area contributed by atoms with Crippen molar-refractivity contribution < 1.29 is 23.8 Å². The van der Waals surface area contributed by atoms with Gasteiger partial charge in [-0.25, -0.2) is 0 Å². The molecular weight excluding hydrogens is 446 g/mol. The van der Waals surface area contributed by atoms with Gasteiger partial charge in [-0.05, 0) is 61.7 Å². The summed E-state index contributed by atoms with van der Waals surface area (Å²) < 4.78 is 16.3. The Morgan fingerprint density at radius 2 is 1.57 bits per heavy atom. The van der Waals surface area contributed by atoms with Gasteiger partial charge in [-0.3, -0.25) is 14.5 Å². The highest BCUT2D eigenvalue weighted by Crippen LogP contribution is 2.17. The molecule has 190 valence electrons. The van der Waals surface area contributed by atoms with E-state index in [9.17, 15) is 9.59 Å². The van der Waals surface area contributed by atoms with Crippen molar-refractivity contribution in [2.24, 2.45) is 0 Å². The van der Waals surface area contributed by atoms with E-state index in [1.165, 1.54) is 0 Å². The zero-order valence-electron chi connectivity index (χ0n) is 20.8. The Kier molecular flexibility index (Phi) is 10.7. The zero-order chi connectivity index (χ0) is 24.9. The van der Waals surface area contributed by atoms with Crippen LogP contribution in [0.5, 0.6) is 17.2 Å². The van der Waals surface area contributed by atoms with E-state index in [1.807, 2.05) is 60.4 Å². The molecule has 1 N–H and O–H groups in total. The Morgan fingerprint density at radius 1 is 0.886 bits per heavy atom. The predicted molar refractivity (Wildman–Crippen MR) is 135 cm³/mol. The normalized spacial score (nSPS) is 14.2. The van der Waals surface area contributed by atoms with Crippen LogP contribution in [0.3, 0.4) is 0 Å². The maximum absolute atomic E-state index is 12.7. The van der Waals surface area contributed by atoms with Gasteiger partial charge in [0.1, 0.15) is 23.9 Å². The van der Waals surface area contributed by atoms with Crippen molar-refractivity contribution in [2.45, 2.75) is 26.2 Å². The van der Waals surface area contributed by atoms with Crippen LogP contribution in [0.2, 0.25) is 0 Å². The summed E-state index contributed by atoms with van der Waals surface area (Å²) in [4.78, 5) is 29.1. The maximum atomic E-state index is 12.7. The fourth-order valence-corrected chi connectivity index (χ4v) is 4.00. The first-order valence-electron chi connectivity index (χ1n) is 12.3. The fourth-order valence-electron chi connectivity index (χ4n) is 4.00. The number of ether oxygens (including phenoxy) is 3. The van der Waals surface area contributed by atoms with E-state index < -0.39 is 0 Å². The summed E-state index contributed by atoms with van der Waals surface area (Å²) in [6.07, 6.45) is 2.06. The lowest BCUT2D eigenvalue weighted by Crippen LogP contribution is -2.41. The summed E-state index contributed by atoms with van der Waals surface area (Å²) in [5.41, 5.74) is 1.12. The molecule has 2 aromatic carbocycles. The molecule has 1 fully saturated rings. The molecule has 2 aromatic rings. The second-order valence-electron chi connectivity index (χ2n) is 8.46. The molecule has 0 atom stereocenters. The second-order valence-corrected chi connectivity index (χ2v) is 8.46. The number of methoxy groups -OCH3 is 1. The van der Waals surface area contributed by atoms with E-state index in [0.29, 0.717) is 52.2 Å². The molecule has 35 heavy (non-hydrogen) atoms. The van der Waals surface area contributed by atoms with Crippen molar-refractivity contribution in [3.63, 3.8) is 0 Å². The van der Waals surface area contributed by atoms with Crippen molar-refractivity contribution in [1.29, 1.82) is 0 Å². The van der Waals surface area contributed by atoms with E-state index in [2.05, 4.69) is 10.2 Å². The minimum atomic E-state index is -0.0282. The van der Waals surface area contributed by atoms with E-state index >= 15 is 0 Å². The molecule has 1 aliphatic rings. The average molecular weight is 484 g/mol. The van der Waals surface area contributed by atoms with Gasteiger partial charge in [0, 0.05) is 32.6 Å². The summed E-state index contributed by atoms with van der Waals surface area (Å²) in [6.45, 7) is 6.62. The van der Waals surface area contributed by atoms with E-state index in [-0.39, 0.29) is 11.8 Å². The molecule has 0 aromatic heterocycles. The molecule has 8 nitrogen and oxygen atoms in total. The Labute approximate surface area is 208 Å². The van der Waals surface area contributed by atoms with Crippen LogP contribution in [0.25, 0.3) is 0 Å². The van der Waals surface area contributed by atoms with Crippen LogP contribution in [-0.4, -0.2) is 81.2 Å². The van der Waals surface area contributed by atoms with Crippen LogP contribution in [0, 0.1) is 0 Å². The third kappa shape index (κ3) is 9.13. The monoisotopic (exact) mass is 483 g/mol. The summed E-state index contributed by atoms with van der Waals surface area (Å²) in [7, 11) is 1.64. The molecule has 0 aliphatic carbocycles. The minimum Gasteiger partial charge on any atom is -0.497 e.